The Morgan fingerprint density at radius 1 is 1.23 bits per heavy atom. The molecule has 1 aromatic carbocycles. The molecule has 0 aliphatic rings. The average molecular weight is 175 g/mol. The molecule has 2 aromatic rings. The van der Waals surface area contributed by atoms with Crippen molar-refractivity contribution in [2.45, 2.75) is 6.42 Å². The highest BCUT2D eigenvalue weighted by atomic mass is 16.5. The molecule has 0 bridgehead atoms. The first-order valence-corrected chi connectivity index (χ1v) is 3.98. The lowest BCUT2D eigenvalue weighted by Gasteiger charge is -1.98. The van der Waals surface area contributed by atoms with Crippen molar-refractivity contribution in [3.63, 3.8) is 0 Å². The first-order valence-electron chi connectivity index (χ1n) is 3.98. The van der Waals surface area contributed by atoms with Gasteiger partial charge in [0.25, 0.3) is 0 Å². The summed E-state index contributed by atoms with van der Waals surface area (Å²) in [6.07, 6.45) is 1.87. The molecule has 0 aliphatic carbocycles. The van der Waals surface area contributed by atoms with Gasteiger partial charge in [0.2, 0.25) is 0 Å². The van der Waals surface area contributed by atoms with Crippen LogP contribution in [0.25, 0.3) is 0 Å². The largest absolute Gasteiger partial charge is 0.426 e. The maximum absolute atomic E-state index is 9.20. The highest BCUT2D eigenvalue weighted by Gasteiger charge is 2.02. The van der Waals surface area contributed by atoms with Crippen molar-refractivity contribution in [1.82, 2.24) is 14.9 Å². The molecule has 0 radical (unpaired) electrons. The van der Waals surface area contributed by atoms with Gasteiger partial charge in [0, 0.05) is 6.42 Å². The third-order valence-corrected chi connectivity index (χ3v) is 1.80. The summed E-state index contributed by atoms with van der Waals surface area (Å²) in [5.74, 6) is 0.547. The fourth-order valence-corrected chi connectivity index (χ4v) is 1.15. The number of rotatable bonds is 2. The van der Waals surface area contributed by atoms with Crippen LogP contribution < -0.4 is 0 Å². The van der Waals surface area contributed by atoms with Gasteiger partial charge in [-0.1, -0.05) is 30.3 Å². The zero-order valence-corrected chi connectivity index (χ0v) is 6.96. The Morgan fingerprint density at radius 2 is 2.00 bits per heavy atom. The normalized spacial score (nSPS) is 10.2. The summed E-state index contributed by atoms with van der Waals surface area (Å²) in [6.45, 7) is 0. The number of nitrogens with zero attached hydrogens (tertiary/aromatic N) is 3. The second-order valence-corrected chi connectivity index (χ2v) is 2.75. The predicted octanol–water partition coefficient (Wildman–Crippen LogP) is 1.11. The molecule has 4 heteroatoms. The monoisotopic (exact) mass is 175 g/mol. The van der Waals surface area contributed by atoms with E-state index in [4.69, 9.17) is 0 Å². The summed E-state index contributed by atoms with van der Waals surface area (Å²) >= 11 is 0. The SMILES string of the molecule is On1cnnc1Cc1ccccc1. The second-order valence-electron chi connectivity index (χ2n) is 2.75. The Bertz CT molecular complexity index is 383. The molecule has 66 valence electrons. The van der Waals surface area contributed by atoms with Crippen molar-refractivity contribution in [2.24, 2.45) is 0 Å². The van der Waals surface area contributed by atoms with E-state index in [0.717, 1.165) is 10.3 Å². The third-order valence-electron chi connectivity index (χ3n) is 1.80. The zero-order chi connectivity index (χ0) is 9.10. The van der Waals surface area contributed by atoms with E-state index in [-0.39, 0.29) is 0 Å². The van der Waals surface area contributed by atoms with Gasteiger partial charge in [-0.25, -0.2) is 0 Å². The van der Waals surface area contributed by atoms with Crippen LogP contribution in [0.15, 0.2) is 36.7 Å². The minimum Gasteiger partial charge on any atom is -0.426 e. The molecule has 0 aliphatic heterocycles. The Balaban J connectivity index is 2.20. The molecule has 13 heavy (non-hydrogen) atoms. The number of aromatic nitrogens is 3. The molecule has 1 aromatic heterocycles. The molecule has 1 heterocycles. The smallest absolute Gasteiger partial charge is 0.173 e. The van der Waals surface area contributed by atoms with Crippen LogP contribution in [0.3, 0.4) is 0 Å². The first kappa shape index (κ1) is 7.79. The average Bonchev–Trinajstić information content (AvgIpc) is 2.54. The molecular weight excluding hydrogens is 166 g/mol. The second kappa shape index (κ2) is 3.26. The maximum atomic E-state index is 9.20. The van der Waals surface area contributed by atoms with Crippen LogP contribution in [0, 0.1) is 0 Å². The van der Waals surface area contributed by atoms with E-state index >= 15 is 0 Å². The van der Waals surface area contributed by atoms with E-state index in [1.807, 2.05) is 30.3 Å². The number of hydrogen-bond acceptors (Lipinski definition) is 3. The highest BCUT2D eigenvalue weighted by molar-refractivity contribution is 5.18. The van der Waals surface area contributed by atoms with Crippen LogP contribution >= 0.6 is 0 Å². The molecule has 4 nitrogen and oxygen atoms in total. The van der Waals surface area contributed by atoms with Gasteiger partial charge in [0.05, 0.1) is 0 Å². The van der Waals surface area contributed by atoms with Crippen LogP contribution in [0.5, 0.6) is 0 Å². The maximum Gasteiger partial charge on any atom is 0.173 e. The van der Waals surface area contributed by atoms with Gasteiger partial charge < -0.3 is 5.21 Å². The van der Waals surface area contributed by atoms with Gasteiger partial charge in [-0.3, -0.25) is 0 Å². The van der Waals surface area contributed by atoms with E-state index in [1.165, 1.54) is 6.33 Å². The number of hydrogen-bond donors (Lipinski definition) is 1. The molecule has 0 amide bonds. The molecule has 2 rings (SSSR count). The van der Waals surface area contributed by atoms with Crippen molar-refractivity contribution in [3.8, 4) is 0 Å². The zero-order valence-electron chi connectivity index (χ0n) is 6.96. The molecule has 0 saturated carbocycles. The molecule has 0 unspecified atom stereocenters. The molecule has 1 N–H and O–H groups in total. The summed E-state index contributed by atoms with van der Waals surface area (Å²) in [4.78, 5) is 0. The molecule has 0 fully saturated rings. The predicted molar refractivity (Wildman–Crippen MR) is 46.5 cm³/mol. The Morgan fingerprint density at radius 3 is 2.62 bits per heavy atom. The molecular formula is C9H9N3O. The van der Waals surface area contributed by atoms with Gasteiger partial charge in [-0.15, -0.1) is 10.2 Å². The van der Waals surface area contributed by atoms with E-state index in [9.17, 15) is 5.21 Å². The number of benzene rings is 1. The fraction of sp³-hybridized carbons (Fsp3) is 0.111. The summed E-state index contributed by atoms with van der Waals surface area (Å²) in [5, 5.41) is 16.6. The van der Waals surface area contributed by atoms with Crippen LogP contribution in [0.4, 0.5) is 0 Å². The topological polar surface area (TPSA) is 50.9 Å². The summed E-state index contributed by atoms with van der Waals surface area (Å²) in [5.41, 5.74) is 1.10. The van der Waals surface area contributed by atoms with Crippen LogP contribution in [0.1, 0.15) is 11.4 Å². The fourth-order valence-electron chi connectivity index (χ4n) is 1.15. The Hall–Kier alpha value is -1.84. The Labute approximate surface area is 75.4 Å². The first-order chi connectivity index (χ1) is 6.36. The van der Waals surface area contributed by atoms with Gasteiger partial charge in [-0.2, -0.15) is 4.73 Å². The lowest BCUT2D eigenvalue weighted by molar-refractivity contribution is 0.176. The van der Waals surface area contributed by atoms with Crippen LogP contribution in [-0.4, -0.2) is 20.1 Å². The lowest BCUT2D eigenvalue weighted by Crippen LogP contribution is -1.99. The molecule has 0 saturated heterocycles. The van der Waals surface area contributed by atoms with Crippen molar-refractivity contribution < 1.29 is 5.21 Å². The molecule has 0 spiro atoms. The highest BCUT2D eigenvalue weighted by Crippen LogP contribution is 2.04. The quantitative estimate of drug-likeness (QED) is 0.695. The van der Waals surface area contributed by atoms with Gasteiger partial charge >= 0.3 is 0 Å². The van der Waals surface area contributed by atoms with Gasteiger partial charge in [0.1, 0.15) is 0 Å². The lowest BCUT2D eigenvalue weighted by atomic mass is 10.1. The van der Waals surface area contributed by atoms with Gasteiger partial charge in [-0.05, 0) is 5.56 Å². The Kier molecular flexibility index (Phi) is 1.96. The molecule has 0 atom stereocenters. The van der Waals surface area contributed by atoms with Gasteiger partial charge in [0.15, 0.2) is 12.2 Å². The minimum absolute atomic E-state index is 0.547. The summed E-state index contributed by atoms with van der Waals surface area (Å²) in [7, 11) is 0. The van der Waals surface area contributed by atoms with Crippen LogP contribution in [-0.2, 0) is 6.42 Å². The summed E-state index contributed by atoms with van der Waals surface area (Å²) < 4.78 is 0.937. The van der Waals surface area contributed by atoms with E-state index < -0.39 is 0 Å². The van der Waals surface area contributed by atoms with Crippen LogP contribution in [0.2, 0.25) is 0 Å². The van der Waals surface area contributed by atoms with E-state index in [2.05, 4.69) is 10.2 Å². The minimum atomic E-state index is 0.547. The van der Waals surface area contributed by atoms with Crippen molar-refractivity contribution >= 4 is 0 Å². The van der Waals surface area contributed by atoms with Crippen molar-refractivity contribution in [1.29, 1.82) is 0 Å². The third kappa shape index (κ3) is 1.66. The van der Waals surface area contributed by atoms with E-state index in [1.54, 1.807) is 0 Å². The van der Waals surface area contributed by atoms with Crippen molar-refractivity contribution in [2.75, 3.05) is 0 Å². The summed E-state index contributed by atoms with van der Waals surface area (Å²) in [6, 6.07) is 9.82. The standard InChI is InChI=1S/C9H9N3O/c13-12-7-10-11-9(12)6-8-4-2-1-3-5-8/h1-5,7,13H,6H2. The van der Waals surface area contributed by atoms with Crippen molar-refractivity contribution in [3.05, 3.63) is 48.0 Å². The van der Waals surface area contributed by atoms with E-state index in [0.29, 0.717) is 12.2 Å².